The van der Waals surface area contributed by atoms with Gasteiger partial charge in [0.2, 0.25) is 0 Å². The quantitative estimate of drug-likeness (QED) is 0.856. The van der Waals surface area contributed by atoms with E-state index < -0.39 is 5.97 Å². The van der Waals surface area contributed by atoms with Crippen LogP contribution in [0.1, 0.15) is 22.3 Å². The maximum Gasteiger partial charge on any atom is 0.337 e. The molecule has 98 valence electrons. The van der Waals surface area contributed by atoms with Crippen LogP contribution in [0.4, 0.5) is 5.69 Å². The molecule has 0 saturated carbocycles. The molecule has 0 bridgehead atoms. The molecule has 18 heavy (non-hydrogen) atoms. The number of carboxylic acids is 1. The van der Waals surface area contributed by atoms with Crippen LogP contribution in [0.2, 0.25) is 0 Å². The maximum atomic E-state index is 11.2. The Balaban J connectivity index is 2.06. The van der Waals surface area contributed by atoms with Crippen molar-refractivity contribution in [1.29, 1.82) is 0 Å². The minimum atomic E-state index is -0.871. The van der Waals surface area contributed by atoms with Crippen molar-refractivity contribution < 1.29 is 9.90 Å². The Morgan fingerprint density at radius 3 is 2.94 bits per heavy atom. The first kappa shape index (κ1) is 12.9. The van der Waals surface area contributed by atoms with Crippen molar-refractivity contribution in [3.63, 3.8) is 0 Å². The molecule has 4 nitrogen and oxygen atoms in total. The number of rotatable bonds is 4. The van der Waals surface area contributed by atoms with Crippen molar-refractivity contribution in [3.8, 4) is 0 Å². The molecule has 1 aromatic rings. The van der Waals surface area contributed by atoms with E-state index in [0.717, 1.165) is 30.9 Å². The highest BCUT2D eigenvalue weighted by Crippen LogP contribution is 2.22. The van der Waals surface area contributed by atoms with Gasteiger partial charge in [-0.3, -0.25) is 0 Å². The standard InChI is InChI=1S/C14H20N2O2/c1-10-4-3-5-12(14(17)18)13(10)15-8-11-6-7-16(2)9-11/h3-5,11,15H,6-9H2,1-2H3,(H,17,18). The largest absolute Gasteiger partial charge is 0.478 e. The molecule has 1 unspecified atom stereocenters. The highest BCUT2D eigenvalue weighted by molar-refractivity contribution is 5.95. The summed E-state index contributed by atoms with van der Waals surface area (Å²) in [7, 11) is 2.12. The molecule has 1 atom stereocenters. The molecule has 1 aliphatic heterocycles. The molecule has 1 fully saturated rings. The fourth-order valence-corrected chi connectivity index (χ4v) is 2.52. The van der Waals surface area contributed by atoms with Crippen LogP contribution in [0.15, 0.2) is 18.2 Å². The second-order valence-electron chi connectivity index (χ2n) is 5.10. The van der Waals surface area contributed by atoms with Gasteiger partial charge in [-0.1, -0.05) is 12.1 Å². The Labute approximate surface area is 108 Å². The molecule has 1 heterocycles. The van der Waals surface area contributed by atoms with Crippen LogP contribution in [-0.4, -0.2) is 42.7 Å². The lowest BCUT2D eigenvalue weighted by atomic mass is 10.1. The van der Waals surface area contributed by atoms with E-state index in [0.29, 0.717) is 11.5 Å². The number of carbonyl (C=O) groups is 1. The number of aryl methyl sites for hydroxylation is 1. The van der Waals surface area contributed by atoms with E-state index in [4.69, 9.17) is 0 Å². The Bertz CT molecular complexity index is 445. The van der Waals surface area contributed by atoms with Crippen LogP contribution in [0.5, 0.6) is 0 Å². The molecule has 0 spiro atoms. The predicted molar refractivity (Wildman–Crippen MR) is 72.2 cm³/mol. The zero-order valence-electron chi connectivity index (χ0n) is 10.9. The van der Waals surface area contributed by atoms with Crippen LogP contribution in [0, 0.1) is 12.8 Å². The number of nitrogens with one attached hydrogen (secondary N) is 1. The van der Waals surface area contributed by atoms with Gasteiger partial charge in [0.05, 0.1) is 11.3 Å². The average molecular weight is 248 g/mol. The smallest absolute Gasteiger partial charge is 0.337 e. The maximum absolute atomic E-state index is 11.2. The van der Waals surface area contributed by atoms with Gasteiger partial charge in [-0.05, 0) is 44.5 Å². The summed E-state index contributed by atoms with van der Waals surface area (Å²) in [6.45, 7) is 5.00. The first-order valence-electron chi connectivity index (χ1n) is 6.33. The topological polar surface area (TPSA) is 52.6 Å². The molecule has 0 aromatic heterocycles. The highest BCUT2D eigenvalue weighted by atomic mass is 16.4. The summed E-state index contributed by atoms with van der Waals surface area (Å²) in [4.78, 5) is 13.5. The number of carboxylic acid groups (broad SMARTS) is 1. The van der Waals surface area contributed by atoms with Crippen LogP contribution in [-0.2, 0) is 0 Å². The second-order valence-corrected chi connectivity index (χ2v) is 5.10. The van der Waals surface area contributed by atoms with E-state index in [1.807, 2.05) is 13.0 Å². The van der Waals surface area contributed by atoms with E-state index >= 15 is 0 Å². The van der Waals surface area contributed by atoms with Crippen molar-refractivity contribution in [1.82, 2.24) is 4.90 Å². The van der Waals surface area contributed by atoms with E-state index in [1.165, 1.54) is 6.42 Å². The Morgan fingerprint density at radius 1 is 1.56 bits per heavy atom. The van der Waals surface area contributed by atoms with Gasteiger partial charge in [0.25, 0.3) is 0 Å². The molecule has 0 aliphatic carbocycles. The fourth-order valence-electron chi connectivity index (χ4n) is 2.52. The number of benzene rings is 1. The molecular weight excluding hydrogens is 228 g/mol. The average Bonchev–Trinajstić information content (AvgIpc) is 2.73. The van der Waals surface area contributed by atoms with Gasteiger partial charge in [0.1, 0.15) is 0 Å². The summed E-state index contributed by atoms with van der Waals surface area (Å²) < 4.78 is 0. The van der Waals surface area contributed by atoms with Crippen molar-refractivity contribution >= 4 is 11.7 Å². The monoisotopic (exact) mass is 248 g/mol. The highest BCUT2D eigenvalue weighted by Gasteiger charge is 2.20. The third kappa shape index (κ3) is 2.82. The molecule has 1 aliphatic rings. The van der Waals surface area contributed by atoms with Crippen molar-refractivity contribution in [3.05, 3.63) is 29.3 Å². The third-order valence-electron chi connectivity index (χ3n) is 3.56. The summed E-state index contributed by atoms with van der Waals surface area (Å²) in [5.41, 5.74) is 2.11. The molecule has 1 aromatic carbocycles. The molecule has 0 radical (unpaired) electrons. The minimum absolute atomic E-state index is 0.362. The number of hydrogen-bond donors (Lipinski definition) is 2. The van der Waals surface area contributed by atoms with Crippen molar-refractivity contribution in [2.75, 3.05) is 32.0 Å². The van der Waals surface area contributed by atoms with Crippen LogP contribution in [0.3, 0.4) is 0 Å². The van der Waals surface area contributed by atoms with Crippen molar-refractivity contribution in [2.24, 2.45) is 5.92 Å². The van der Waals surface area contributed by atoms with Gasteiger partial charge in [-0.25, -0.2) is 4.79 Å². The number of para-hydroxylation sites is 1. The first-order valence-corrected chi connectivity index (χ1v) is 6.33. The summed E-state index contributed by atoms with van der Waals surface area (Å²) >= 11 is 0. The van der Waals surface area contributed by atoms with Gasteiger partial charge in [-0.2, -0.15) is 0 Å². The van der Waals surface area contributed by atoms with Crippen molar-refractivity contribution in [2.45, 2.75) is 13.3 Å². The number of hydrogen-bond acceptors (Lipinski definition) is 3. The zero-order chi connectivity index (χ0) is 13.1. The summed E-state index contributed by atoms with van der Waals surface area (Å²) in [6, 6.07) is 5.38. The molecule has 2 N–H and O–H groups in total. The normalized spacial score (nSPS) is 20.0. The van der Waals surface area contributed by atoms with Gasteiger partial charge in [0.15, 0.2) is 0 Å². The number of aromatic carboxylic acids is 1. The summed E-state index contributed by atoms with van der Waals surface area (Å²) in [5.74, 6) is -0.263. The SMILES string of the molecule is Cc1cccc(C(=O)O)c1NCC1CCN(C)C1. The lowest BCUT2D eigenvalue weighted by Crippen LogP contribution is -2.20. The van der Waals surface area contributed by atoms with Gasteiger partial charge in [-0.15, -0.1) is 0 Å². The number of anilines is 1. The lowest BCUT2D eigenvalue weighted by Gasteiger charge is -2.16. The Morgan fingerprint density at radius 2 is 2.33 bits per heavy atom. The lowest BCUT2D eigenvalue weighted by molar-refractivity contribution is 0.0698. The fraction of sp³-hybridized carbons (Fsp3) is 0.500. The van der Waals surface area contributed by atoms with E-state index in [-0.39, 0.29) is 0 Å². The van der Waals surface area contributed by atoms with E-state index in [2.05, 4.69) is 17.3 Å². The molecule has 4 heteroatoms. The summed E-state index contributed by atoms with van der Waals surface area (Å²) in [5, 5.41) is 12.5. The second kappa shape index (κ2) is 5.40. The van der Waals surface area contributed by atoms with E-state index in [1.54, 1.807) is 12.1 Å². The summed E-state index contributed by atoms with van der Waals surface area (Å²) in [6.07, 6.45) is 1.18. The third-order valence-corrected chi connectivity index (χ3v) is 3.56. The van der Waals surface area contributed by atoms with Crippen LogP contribution < -0.4 is 5.32 Å². The number of likely N-dealkylation sites (tertiary alicyclic amines) is 1. The molecule has 2 rings (SSSR count). The molecule has 0 amide bonds. The predicted octanol–water partition coefficient (Wildman–Crippen LogP) is 2.06. The zero-order valence-corrected chi connectivity index (χ0v) is 10.9. The van der Waals surface area contributed by atoms with Gasteiger partial charge < -0.3 is 15.3 Å². The van der Waals surface area contributed by atoms with Crippen LogP contribution in [0.25, 0.3) is 0 Å². The van der Waals surface area contributed by atoms with Gasteiger partial charge >= 0.3 is 5.97 Å². The van der Waals surface area contributed by atoms with E-state index in [9.17, 15) is 9.90 Å². The number of nitrogens with zero attached hydrogens (tertiary/aromatic N) is 1. The molecular formula is C14H20N2O2. The van der Waals surface area contributed by atoms with Gasteiger partial charge in [0, 0.05) is 13.1 Å². The Hall–Kier alpha value is -1.55. The minimum Gasteiger partial charge on any atom is -0.478 e. The Kier molecular flexibility index (Phi) is 3.87. The first-order chi connectivity index (χ1) is 8.58. The molecule has 1 saturated heterocycles. The van der Waals surface area contributed by atoms with Crippen LogP contribution >= 0.6 is 0 Å².